The standard InChI is InChI=1S/C17H22N2O4/c1-3-19(4-2)15(21)13-7-5-12(6-8-13)14(20)18-11-17(9-10-17)16(22)23/h5-8H,3-4,9-11H2,1-2H3,(H,18,20)(H,22,23). The highest BCUT2D eigenvalue weighted by Gasteiger charge is 2.50. The van der Waals surface area contributed by atoms with E-state index in [0.717, 1.165) is 0 Å². The van der Waals surface area contributed by atoms with E-state index < -0.39 is 11.4 Å². The van der Waals surface area contributed by atoms with Gasteiger partial charge in [-0.05, 0) is 51.0 Å². The number of amides is 2. The molecule has 0 heterocycles. The summed E-state index contributed by atoms with van der Waals surface area (Å²) in [7, 11) is 0. The lowest BCUT2D eigenvalue weighted by Gasteiger charge is -2.18. The quantitative estimate of drug-likeness (QED) is 0.802. The smallest absolute Gasteiger partial charge is 0.311 e. The van der Waals surface area contributed by atoms with Gasteiger partial charge in [-0.2, -0.15) is 0 Å². The maximum Gasteiger partial charge on any atom is 0.311 e. The molecule has 2 amide bonds. The van der Waals surface area contributed by atoms with Gasteiger partial charge in [-0.15, -0.1) is 0 Å². The Morgan fingerprint density at radius 1 is 1.09 bits per heavy atom. The van der Waals surface area contributed by atoms with E-state index in [1.807, 2.05) is 13.8 Å². The molecule has 1 aliphatic rings. The summed E-state index contributed by atoms with van der Waals surface area (Å²) >= 11 is 0. The topological polar surface area (TPSA) is 86.7 Å². The Kier molecular flexibility index (Phi) is 5.03. The molecule has 0 aliphatic heterocycles. The molecular weight excluding hydrogens is 296 g/mol. The van der Waals surface area contributed by atoms with E-state index in [2.05, 4.69) is 5.32 Å². The highest BCUT2D eigenvalue weighted by molar-refractivity contribution is 5.98. The molecule has 1 aromatic rings. The zero-order chi connectivity index (χ0) is 17.0. The van der Waals surface area contributed by atoms with Crippen LogP contribution in [0.5, 0.6) is 0 Å². The molecule has 1 aliphatic carbocycles. The molecule has 1 fully saturated rings. The van der Waals surface area contributed by atoms with E-state index in [1.165, 1.54) is 0 Å². The van der Waals surface area contributed by atoms with Gasteiger partial charge < -0.3 is 15.3 Å². The first-order chi connectivity index (χ1) is 10.9. The minimum absolute atomic E-state index is 0.0650. The number of aliphatic carboxylic acids is 1. The average Bonchev–Trinajstić information content (AvgIpc) is 3.35. The van der Waals surface area contributed by atoms with Crippen molar-refractivity contribution in [3.05, 3.63) is 35.4 Å². The fraction of sp³-hybridized carbons (Fsp3) is 0.471. The maximum absolute atomic E-state index is 12.2. The Labute approximate surface area is 135 Å². The number of nitrogens with zero attached hydrogens (tertiary/aromatic N) is 1. The molecule has 1 aromatic carbocycles. The fourth-order valence-electron chi connectivity index (χ4n) is 2.43. The summed E-state index contributed by atoms with van der Waals surface area (Å²) in [6, 6.07) is 6.43. The van der Waals surface area contributed by atoms with Crippen molar-refractivity contribution in [1.29, 1.82) is 0 Å². The van der Waals surface area contributed by atoms with Crippen LogP contribution in [0.25, 0.3) is 0 Å². The summed E-state index contributed by atoms with van der Waals surface area (Å²) < 4.78 is 0. The SMILES string of the molecule is CCN(CC)C(=O)c1ccc(C(=O)NCC2(C(=O)O)CC2)cc1. The largest absolute Gasteiger partial charge is 0.481 e. The lowest BCUT2D eigenvalue weighted by Crippen LogP contribution is -2.34. The first kappa shape index (κ1) is 17.0. The number of carbonyl (C=O) groups is 3. The van der Waals surface area contributed by atoms with Crippen LogP contribution in [0.2, 0.25) is 0 Å². The molecular formula is C17H22N2O4. The van der Waals surface area contributed by atoms with E-state index in [9.17, 15) is 14.4 Å². The van der Waals surface area contributed by atoms with Gasteiger partial charge in [0, 0.05) is 30.8 Å². The highest BCUT2D eigenvalue weighted by atomic mass is 16.4. The molecule has 0 bridgehead atoms. The van der Waals surface area contributed by atoms with Gasteiger partial charge in [-0.1, -0.05) is 0 Å². The molecule has 0 atom stereocenters. The predicted molar refractivity (Wildman–Crippen MR) is 85.3 cm³/mol. The van der Waals surface area contributed by atoms with Crippen molar-refractivity contribution in [1.82, 2.24) is 10.2 Å². The third kappa shape index (κ3) is 3.70. The molecule has 1 saturated carbocycles. The summed E-state index contributed by atoms with van der Waals surface area (Å²) in [4.78, 5) is 37.0. The number of carboxylic acids is 1. The Morgan fingerprint density at radius 2 is 1.61 bits per heavy atom. The van der Waals surface area contributed by atoms with Crippen molar-refractivity contribution in [3.63, 3.8) is 0 Å². The van der Waals surface area contributed by atoms with Crippen molar-refractivity contribution < 1.29 is 19.5 Å². The number of carboxylic acid groups (broad SMARTS) is 1. The van der Waals surface area contributed by atoms with Crippen molar-refractivity contribution in [2.24, 2.45) is 5.41 Å². The van der Waals surface area contributed by atoms with Crippen molar-refractivity contribution in [3.8, 4) is 0 Å². The molecule has 0 aromatic heterocycles. The number of benzene rings is 1. The van der Waals surface area contributed by atoms with Gasteiger partial charge in [0.1, 0.15) is 0 Å². The highest BCUT2D eigenvalue weighted by Crippen LogP contribution is 2.45. The van der Waals surface area contributed by atoms with Crippen LogP contribution in [0.3, 0.4) is 0 Å². The number of hydrogen-bond donors (Lipinski definition) is 2. The van der Waals surface area contributed by atoms with Gasteiger partial charge in [0.15, 0.2) is 0 Å². The van der Waals surface area contributed by atoms with Gasteiger partial charge in [0.25, 0.3) is 11.8 Å². The van der Waals surface area contributed by atoms with Gasteiger partial charge in [0.2, 0.25) is 0 Å². The predicted octanol–water partition coefficient (Wildman–Crippen LogP) is 1.76. The molecule has 0 saturated heterocycles. The van der Waals surface area contributed by atoms with Crippen molar-refractivity contribution in [2.75, 3.05) is 19.6 Å². The Morgan fingerprint density at radius 3 is 2.04 bits per heavy atom. The zero-order valence-corrected chi connectivity index (χ0v) is 13.5. The maximum atomic E-state index is 12.2. The number of rotatable bonds is 7. The Hall–Kier alpha value is -2.37. The summed E-state index contributed by atoms with van der Waals surface area (Å²) in [5.41, 5.74) is 0.172. The van der Waals surface area contributed by atoms with Crippen LogP contribution in [0.15, 0.2) is 24.3 Å². The first-order valence-electron chi connectivity index (χ1n) is 7.84. The van der Waals surface area contributed by atoms with Crippen LogP contribution in [-0.2, 0) is 4.79 Å². The first-order valence-corrected chi connectivity index (χ1v) is 7.84. The summed E-state index contributed by atoms with van der Waals surface area (Å²) in [5.74, 6) is -1.25. The van der Waals surface area contributed by atoms with E-state index >= 15 is 0 Å². The van der Waals surface area contributed by atoms with E-state index in [0.29, 0.717) is 37.1 Å². The average molecular weight is 318 g/mol. The number of carbonyl (C=O) groups excluding carboxylic acids is 2. The third-order valence-electron chi connectivity index (χ3n) is 4.34. The van der Waals surface area contributed by atoms with Crippen LogP contribution >= 0.6 is 0 Å². The van der Waals surface area contributed by atoms with Crippen molar-refractivity contribution >= 4 is 17.8 Å². The van der Waals surface area contributed by atoms with Gasteiger partial charge in [-0.25, -0.2) is 0 Å². The molecule has 0 spiro atoms. The molecule has 2 N–H and O–H groups in total. The zero-order valence-electron chi connectivity index (χ0n) is 13.5. The second-order valence-corrected chi connectivity index (χ2v) is 5.82. The van der Waals surface area contributed by atoms with Crippen LogP contribution in [0.4, 0.5) is 0 Å². The summed E-state index contributed by atoms with van der Waals surface area (Å²) in [5, 5.41) is 11.8. The van der Waals surface area contributed by atoms with E-state index in [1.54, 1.807) is 29.2 Å². The molecule has 23 heavy (non-hydrogen) atoms. The van der Waals surface area contributed by atoms with Crippen LogP contribution in [0, 0.1) is 5.41 Å². The molecule has 0 unspecified atom stereocenters. The second kappa shape index (κ2) is 6.81. The Bertz CT molecular complexity index is 602. The van der Waals surface area contributed by atoms with Gasteiger partial charge in [-0.3, -0.25) is 14.4 Å². The normalized spacial score (nSPS) is 14.9. The van der Waals surface area contributed by atoms with Crippen LogP contribution in [0.1, 0.15) is 47.4 Å². The summed E-state index contributed by atoms with van der Waals surface area (Å²) in [6.07, 6.45) is 1.19. The lowest BCUT2D eigenvalue weighted by atomic mass is 10.1. The molecule has 0 radical (unpaired) electrons. The van der Waals surface area contributed by atoms with Crippen molar-refractivity contribution in [2.45, 2.75) is 26.7 Å². The van der Waals surface area contributed by atoms with E-state index in [-0.39, 0.29) is 18.4 Å². The number of nitrogens with one attached hydrogen (secondary N) is 1. The van der Waals surface area contributed by atoms with E-state index in [4.69, 9.17) is 5.11 Å². The van der Waals surface area contributed by atoms with Crippen LogP contribution in [-0.4, -0.2) is 47.4 Å². The van der Waals surface area contributed by atoms with Gasteiger partial charge >= 0.3 is 5.97 Å². The van der Waals surface area contributed by atoms with Crippen LogP contribution < -0.4 is 5.32 Å². The second-order valence-electron chi connectivity index (χ2n) is 5.82. The Balaban J connectivity index is 1.98. The fourth-order valence-corrected chi connectivity index (χ4v) is 2.43. The lowest BCUT2D eigenvalue weighted by molar-refractivity contribution is -0.143. The summed E-state index contributed by atoms with van der Waals surface area (Å²) in [6.45, 7) is 5.24. The van der Waals surface area contributed by atoms with Gasteiger partial charge in [0.05, 0.1) is 5.41 Å². The minimum Gasteiger partial charge on any atom is -0.481 e. The minimum atomic E-state index is -0.863. The molecule has 6 heteroatoms. The molecule has 124 valence electrons. The number of hydrogen-bond acceptors (Lipinski definition) is 3. The molecule has 6 nitrogen and oxygen atoms in total. The molecule has 2 rings (SSSR count). The third-order valence-corrected chi connectivity index (χ3v) is 4.34. The monoisotopic (exact) mass is 318 g/mol.